The number of carbonyl (C=O) groups excluding carboxylic acids is 2. The Bertz CT molecular complexity index is 1240. The van der Waals surface area contributed by atoms with Crippen LogP contribution in [0.25, 0.3) is 11.1 Å². The van der Waals surface area contributed by atoms with Crippen LogP contribution in [0.15, 0.2) is 60.9 Å². The lowest BCUT2D eigenvalue weighted by Crippen LogP contribution is -2.51. The van der Waals surface area contributed by atoms with Crippen LogP contribution in [0.2, 0.25) is 0 Å². The molecular weight excluding hydrogens is 452 g/mol. The van der Waals surface area contributed by atoms with Gasteiger partial charge in [-0.1, -0.05) is 54.6 Å². The van der Waals surface area contributed by atoms with Crippen molar-refractivity contribution < 1.29 is 9.59 Å². The van der Waals surface area contributed by atoms with Crippen LogP contribution < -0.4 is 10.2 Å². The van der Waals surface area contributed by atoms with Gasteiger partial charge >= 0.3 is 0 Å². The van der Waals surface area contributed by atoms with Crippen molar-refractivity contribution in [1.29, 1.82) is 0 Å². The zero-order valence-corrected chi connectivity index (χ0v) is 21.0. The number of benzene rings is 2. The molecule has 2 aromatic carbocycles. The van der Waals surface area contributed by atoms with Crippen molar-refractivity contribution in [2.45, 2.75) is 18.8 Å². The van der Waals surface area contributed by atoms with Gasteiger partial charge in [0.15, 0.2) is 0 Å². The largest absolute Gasteiger partial charge is 0.353 e. The highest BCUT2D eigenvalue weighted by molar-refractivity contribution is 6.03. The van der Waals surface area contributed by atoms with Gasteiger partial charge in [-0.05, 0) is 37.7 Å². The van der Waals surface area contributed by atoms with E-state index in [4.69, 9.17) is 0 Å². The molecule has 0 bridgehead atoms. The minimum atomic E-state index is -0.279. The van der Waals surface area contributed by atoms with Crippen LogP contribution >= 0.6 is 0 Å². The number of likely N-dealkylation sites (N-methyl/N-ethyl adjacent to an activating group) is 1. The average Bonchev–Trinajstić information content (AvgIpc) is 3.21. The first-order valence-electron chi connectivity index (χ1n) is 12.4. The van der Waals surface area contributed by atoms with Gasteiger partial charge in [-0.2, -0.15) is 0 Å². The smallest absolute Gasteiger partial charge is 0.233 e. The number of nitrogens with zero attached hydrogens (tertiary/aromatic N) is 5. The normalized spacial score (nSPS) is 18.2. The van der Waals surface area contributed by atoms with E-state index in [9.17, 15) is 9.59 Å². The van der Waals surface area contributed by atoms with Crippen LogP contribution in [0.3, 0.4) is 0 Å². The molecule has 36 heavy (non-hydrogen) atoms. The summed E-state index contributed by atoms with van der Waals surface area (Å²) in [4.78, 5) is 40.8. The Morgan fingerprint density at radius 3 is 2.33 bits per heavy atom. The number of hydrogen-bond donors (Lipinski definition) is 1. The van der Waals surface area contributed by atoms with Crippen molar-refractivity contribution in [1.82, 2.24) is 19.8 Å². The van der Waals surface area contributed by atoms with Gasteiger partial charge in [-0.15, -0.1) is 0 Å². The third-order valence-electron chi connectivity index (χ3n) is 7.09. The second-order valence-corrected chi connectivity index (χ2v) is 9.79. The van der Waals surface area contributed by atoms with Crippen LogP contribution in [0.5, 0.6) is 0 Å². The predicted molar refractivity (Wildman–Crippen MR) is 141 cm³/mol. The molecule has 3 heterocycles. The van der Waals surface area contributed by atoms with Crippen molar-refractivity contribution in [3.8, 4) is 11.1 Å². The maximum Gasteiger partial charge on any atom is 0.233 e. The number of piperazine rings is 1. The molecule has 1 unspecified atom stereocenters. The van der Waals surface area contributed by atoms with E-state index in [1.54, 1.807) is 0 Å². The van der Waals surface area contributed by atoms with E-state index in [0.29, 0.717) is 38.5 Å². The number of carbonyl (C=O) groups is 2. The number of anilines is 2. The zero-order valence-electron chi connectivity index (χ0n) is 21.0. The Morgan fingerprint density at radius 2 is 1.67 bits per heavy atom. The van der Waals surface area contributed by atoms with E-state index in [0.717, 1.165) is 28.1 Å². The van der Waals surface area contributed by atoms with Gasteiger partial charge in [0, 0.05) is 38.3 Å². The van der Waals surface area contributed by atoms with E-state index in [1.807, 2.05) is 44.1 Å². The number of rotatable bonds is 6. The maximum absolute atomic E-state index is 13.7. The molecule has 2 aliphatic heterocycles. The van der Waals surface area contributed by atoms with E-state index in [-0.39, 0.29) is 23.7 Å². The van der Waals surface area contributed by atoms with Crippen molar-refractivity contribution >= 4 is 23.5 Å². The van der Waals surface area contributed by atoms with Crippen LogP contribution in [0, 0.1) is 0 Å². The Morgan fingerprint density at radius 1 is 1.00 bits per heavy atom. The standard InChI is InChI=1S/C28H32N6O2/c1-19-24-25(31-27(19)35)29-18-30-26(24)33-13-15-34(16-14-33)28(36)23(17-32(2)3)22-11-9-21(10-12-22)20-7-5-4-6-8-20/h4-12,18-19,23H,13-17H2,1-3H3,(H,29,30,31,35)/t19?,23-/m1/s1. The van der Waals surface area contributed by atoms with Gasteiger partial charge < -0.3 is 20.0 Å². The Balaban J connectivity index is 1.30. The summed E-state index contributed by atoms with van der Waals surface area (Å²) in [6.07, 6.45) is 1.50. The van der Waals surface area contributed by atoms with Crippen molar-refractivity contribution in [2.24, 2.45) is 0 Å². The second kappa shape index (κ2) is 10.1. The SMILES string of the molecule is CC1C(=O)Nc2ncnc(N3CCN(C(=O)[C@H](CN(C)C)c4ccc(-c5ccccc5)cc4)CC3)c21. The van der Waals surface area contributed by atoms with Crippen LogP contribution in [0.1, 0.15) is 29.9 Å². The predicted octanol–water partition coefficient (Wildman–Crippen LogP) is 3.19. The molecule has 0 spiro atoms. The molecule has 8 heteroatoms. The highest BCUT2D eigenvalue weighted by atomic mass is 16.2. The van der Waals surface area contributed by atoms with E-state index >= 15 is 0 Å². The lowest BCUT2D eigenvalue weighted by Gasteiger charge is -2.38. The second-order valence-electron chi connectivity index (χ2n) is 9.79. The first-order chi connectivity index (χ1) is 17.4. The molecule has 2 amide bonds. The topological polar surface area (TPSA) is 81.7 Å². The van der Waals surface area contributed by atoms with Crippen LogP contribution in [-0.4, -0.2) is 78.4 Å². The number of nitrogens with one attached hydrogen (secondary N) is 1. The van der Waals surface area contributed by atoms with Gasteiger partial charge in [0.2, 0.25) is 11.8 Å². The average molecular weight is 485 g/mol. The first-order valence-corrected chi connectivity index (χ1v) is 12.4. The highest BCUT2D eigenvalue weighted by Crippen LogP contribution is 2.37. The fourth-order valence-corrected chi connectivity index (χ4v) is 5.08. The molecule has 0 aliphatic carbocycles. The molecule has 1 fully saturated rings. The molecule has 8 nitrogen and oxygen atoms in total. The Labute approximate surface area is 212 Å². The summed E-state index contributed by atoms with van der Waals surface area (Å²) in [5, 5.41) is 2.83. The van der Waals surface area contributed by atoms with Crippen molar-refractivity contribution in [3.63, 3.8) is 0 Å². The third-order valence-corrected chi connectivity index (χ3v) is 7.09. The molecule has 2 atom stereocenters. The summed E-state index contributed by atoms with van der Waals surface area (Å²) in [6, 6.07) is 18.6. The van der Waals surface area contributed by atoms with Crippen molar-refractivity contribution in [2.75, 3.05) is 57.0 Å². The Kier molecular flexibility index (Phi) is 6.69. The lowest BCUT2D eigenvalue weighted by atomic mass is 9.94. The molecule has 5 rings (SSSR count). The first kappa shape index (κ1) is 23.9. The molecule has 1 saturated heterocycles. The fraction of sp³-hybridized carbons (Fsp3) is 0.357. The molecule has 2 aliphatic rings. The number of amides is 2. The fourth-order valence-electron chi connectivity index (χ4n) is 5.08. The third kappa shape index (κ3) is 4.68. The van der Waals surface area contributed by atoms with Gasteiger partial charge in [-0.3, -0.25) is 9.59 Å². The van der Waals surface area contributed by atoms with E-state index in [2.05, 4.69) is 61.5 Å². The van der Waals surface area contributed by atoms with Crippen LogP contribution in [0.4, 0.5) is 11.6 Å². The lowest BCUT2D eigenvalue weighted by molar-refractivity contribution is -0.133. The minimum absolute atomic E-state index is 0.0506. The summed E-state index contributed by atoms with van der Waals surface area (Å²) in [5.41, 5.74) is 4.19. The summed E-state index contributed by atoms with van der Waals surface area (Å²) >= 11 is 0. The molecule has 1 N–H and O–H groups in total. The number of fused-ring (bicyclic) bond motifs is 1. The van der Waals surface area contributed by atoms with Gasteiger partial charge in [0.1, 0.15) is 18.0 Å². The van der Waals surface area contributed by atoms with Gasteiger partial charge in [0.25, 0.3) is 0 Å². The number of hydrogen-bond acceptors (Lipinski definition) is 6. The molecule has 0 radical (unpaired) electrons. The van der Waals surface area contributed by atoms with Gasteiger partial charge in [0.05, 0.1) is 11.8 Å². The van der Waals surface area contributed by atoms with Crippen molar-refractivity contribution in [3.05, 3.63) is 72.1 Å². The minimum Gasteiger partial charge on any atom is -0.353 e. The summed E-state index contributed by atoms with van der Waals surface area (Å²) < 4.78 is 0. The summed E-state index contributed by atoms with van der Waals surface area (Å²) in [5.74, 6) is 0.973. The monoisotopic (exact) mass is 484 g/mol. The Hall–Kier alpha value is -3.78. The van der Waals surface area contributed by atoms with Gasteiger partial charge in [-0.25, -0.2) is 9.97 Å². The molecule has 186 valence electrons. The number of aromatic nitrogens is 2. The molecule has 1 aromatic heterocycles. The van der Waals surface area contributed by atoms with E-state index in [1.165, 1.54) is 6.33 Å². The summed E-state index contributed by atoms with van der Waals surface area (Å²) in [6.45, 7) is 5.07. The molecule has 3 aromatic rings. The maximum atomic E-state index is 13.7. The molecular formula is C28H32N6O2. The molecule has 0 saturated carbocycles. The highest BCUT2D eigenvalue weighted by Gasteiger charge is 2.35. The van der Waals surface area contributed by atoms with E-state index < -0.39 is 0 Å². The zero-order chi connectivity index (χ0) is 25.2. The summed E-state index contributed by atoms with van der Waals surface area (Å²) in [7, 11) is 4.01. The quantitative estimate of drug-likeness (QED) is 0.579. The van der Waals surface area contributed by atoms with Crippen LogP contribution in [-0.2, 0) is 9.59 Å².